The summed E-state index contributed by atoms with van der Waals surface area (Å²) in [6.07, 6.45) is 4.94. The maximum Gasteiger partial charge on any atom is 0.268 e. The molecule has 118 valence electrons. The van der Waals surface area contributed by atoms with Crippen LogP contribution in [-0.4, -0.2) is 24.1 Å². The van der Waals surface area contributed by atoms with Crippen LogP contribution in [0.1, 0.15) is 11.1 Å². The highest BCUT2D eigenvalue weighted by Gasteiger charge is 2.18. The molecule has 4 nitrogen and oxygen atoms in total. The molecule has 0 amide bonds. The molecule has 0 atom stereocenters. The van der Waals surface area contributed by atoms with Gasteiger partial charge in [-0.05, 0) is 36.8 Å². The molecule has 3 rings (SSSR count). The molecule has 0 aliphatic rings. The Kier molecular flexibility index (Phi) is 4.07. The third-order valence-electron chi connectivity index (χ3n) is 3.67. The molecule has 5 heteroatoms. The lowest BCUT2D eigenvalue weighted by Gasteiger charge is -2.08. The summed E-state index contributed by atoms with van der Waals surface area (Å²) in [7, 11) is -3.63. The minimum atomic E-state index is -3.63. The summed E-state index contributed by atoms with van der Waals surface area (Å²) in [5.74, 6) is 0. The first-order valence-corrected chi connectivity index (χ1v) is 8.67. The van der Waals surface area contributed by atoms with Crippen molar-refractivity contribution in [2.24, 2.45) is 0 Å². The van der Waals surface area contributed by atoms with Gasteiger partial charge in [-0.2, -0.15) is 0 Å². The lowest BCUT2D eigenvalue weighted by atomic mass is 10.1. The van der Waals surface area contributed by atoms with Gasteiger partial charge in [0.25, 0.3) is 10.0 Å². The average Bonchev–Trinajstić information content (AvgIpc) is 2.97. The van der Waals surface area contributed by atoms with Gasteiger partial charge < -0.3 is 5.11 Å². The number of rotatable bonds is 4. The van der Waals surface area contributed by atoms with Gasteiger partial charge in [-0.3, -0.25) is 0 Å². The van der Waals surface area contributed by atoms with E-state index in [0.717, 1.165) is 16.5 Å². The van der Waals surface area contributed by atoms with Crippen molar-refractivity contribution in [3.05, 3.63) is 71.9 Å². The molecular formula is C18H17NO3S. The number of aromatic nitrogens is 1. The minimum Gasteiger partial charge on any atom is -0.392 e. The zero-order valence-electron chi connectivity index (χ0n) is 12.7. The number of aliphatic hydroxyl groups is 1. The summed E-state index contributed by atoms with van der Waals surface area (Å²) in [6, 6.07) is 14.1. The predicted octanol–water partition coefficient (Wildman–Crippen LogP) is 3.19. The number of nitrogens with zero attached hydrogens (tertiary/aromatic N) is 1. The fraction of sp³-hybridized carbons (Fsp3) is 0.111. The number of hydrogen-bond acceptors (Lipinski definition) is 3. The van der Waals surface area contributed by atoms with Gasteiger partial charge in [0.2, 0.25) is 0 Å². The number of aliphatic hydroxyl groups excluding tert-OH is 1. The minimum absolute atomic E-state index is 0.0548. The highest BCUT2D eigenvalue weighted by molar-refractivity contribution is 7.90. The molecule has 0 aliphatic carbocycles. The van der Waals surface area contributed by atoms with Crippen LogP contribution < -0.4 is 0 Å². The van der Waals surface area contributed by atoms with E-state index in [1.807, 2.05) is 19.1 Å². The van der Waals surface area contributed by atoms with Crippen LogP contribution in [0.5, 0.6) is 0 Å². The molecule has 0 radical (unpaired) electrons. The first-order valence-electron chi connectivity index (χ1n) is 7.23. The Morgan fingerprint density at radius 2 is 1.83 bits per heavy atom. The van der Waals surface area contributed by atoms with Gasteiger partial charge in [-0.1, -0.05) is 42.0 Å². The Morgan fingerprint density at radius 1 is 1.09 bits per heavy atom. The molecule has 0 bridgehead atoms. The van der Waals surface area contributed by atoms with Crippen LogP contribution in [0.2, 0.25) is 0 Å². The zero-order chi connectivity index (χ0) is 16.4. The van der Waals surface area contributed by atoms with Gasteiger partial charge in [0.1, 0.15) is 0 Å². The van der Waals surface area contributed by atoms with Crippen molar-refractivity contribution in [1.29, 1.82) is 0 Å². The molecule has 0 unspecified atom stereocenters. The van der Waals surface area contributed by atoms with E-state index in [1.54, 1.807) is 54.7 Å². The highest BCUT2D eigenvalue weighted by Crippen LogP contribution is 2.24. The van der Waals surface area contributed by atoms with E-state index in [9.17, 15) is 8.42 Å². The van der Waals surface area contributed by atoms with Crippen molar-refractivity contribution in [1.82, 2.24) is 3.97 Å². The zero-order valence-corrected chi connectivity index (χ0v) is 13.5. The van der Waals surface area contributed by atoms with Gasteiger partial charge in [-0.15, -0.1) is 0 Å². The van der Waals surface area contributed by atoms with Crippen molar-refractivity contribution in [2.45, 2.75) is 11.8 Å². The molecule has 23 heavy (non-hydrogen) atoms. The van der Waals surface area contributed by atoms with Crippen molar-refractivity contribution in [2.75, 3.05) is 6.61 Å². The molecule has 2 aromatic carbocycles. The van der Waals surface area contributed by atoms with E-state index in [0.29, 0.717) is 5.52 Å². The van der Waals surface area contributed by atoms with Crippen molar-refractivity contribution in [3.63, 3.8) is 0 Å². The number of hydrogen-bond donors (Lipinski definition) is 1. The predicted molar refractivity (Wildman–Crippen MR) is 91.8 cm³/mol. The highest BCUT2D eigenvalue weighted by atomic mass is 32.2. The molecule has 0 saturated carbocycles. The Labute approximate surface area is 135 Å². The molecule has 1 N–H and O–H groups in total. The Morgan fingerprint density at radius 3 is 2.52 bits per heavy atom. The summed E-state index contributed by atoms with van der Waals surface area (Å²) < 4.78 is 27.0. The third kappa shape index (κ3) is 2.93. The quantitative estimate of drug-likeness (QED) is 0.800. The van der Waals surface area contributed by atoms with Crippen LogP contribution in [0.25, 0.3) is 17.0 Å². The molecule has 0 aliphatic heterocycles. The van der Waals surface area contributed by atoms with E-state index in [1.165, 1.54) is 3.97 Å². The van der Waals surface area contributed by atoms with E-state index < -0.39 is 10.0 Å². The maximum absolute atomic E-state index is 12.9. The first-order chi connectivity index (χ1) is 11.0. The monoisotopic (exact) mass is 327 g/mol. The van der Waals surface area contributed by atoms with E-state index in [2.05, 4.69) is 0 Å². The normalized spacial score (nSPS) is 12.3. The van der Waals surface area contributed by atoms with Crippen LogP contribution in [0.15, 0.2) is 65.7 Å². The maximum atomic E-state index is 12.9. The Balaban J connectivity index is 2.15. The summed E-state index contributed by atoms with van der Waals surface area (Å²) in [4.78, 5) is 0.261. The number of benzene rings is 2. The summed E-state index contributed by atoms with van der Waals surface area (Å²) in [5, 5.41) is 9.72. The number of aryl methyl sites for hydroxylation is 1. The second-order valence-electron chi connectivity index (χ2n) is 5.33. The Bertz CT molecular complexity index is 967. The second kappa shape index (κ2) is 6.02. The van der Waals surface area contributed by atoms with Crippen molar-refractivity contribution >= 4 is 27.0 Å². The van der Waals surface area contributed by atoms with Crippen LogP contribution in [0.4, 0.5) is 0 Å². The summed E-state index contributed by atoms with van der Waals surface area (Å²) in [6.45, 7) is 1.86. The molecular weight excluding hydrogens is 310 g/mol. The van der Waals surface area contributed by atoms with Gasteiger partial charge in [0.15, 0.2) is 0 Å². The molecule has 1 aromatic heterocycles. The SMILES string of the molecule is Cc1ccc(S(=O)(=O)n2ccc3ccc(/C=C/CO)cc32)cc1. The van der Waals surface area contributed by atoms with E-state index in [-0.39, 0.29) is 11.5 Å². The lowest BCUT2D eigenvalue weighted by Crippen LogP contribution is -2.11. The van der Waals surface area contributed by atoms with E-state index in [4.69, 9.17) is 5.11 Å². The topological polar surface area (TPSA) is 59.3 Å². The van der Waals surface area contributed by atoms with E-state index >= 15 is 0 Å². The van der Waals surface area contributed by atoms with Crippen LogP contribution >= 0.6 is 0 Å². The first kappa shape index (κ1) is 15.5. The summed E-state index contributed by atoms with van der Waals surface area (Å²) >= 11 is 0. The smallest absolute Gasteiger partial charge is 0.268 e. The fourth-order valence-corrected chi connectivity index (χ4v) is 3.79. The Hall–Kier alpha value is -2.37. The molecule has 3 aromatic rings. The molecule has 0 fully saturated rings. The van der Waals surface area contributed by atoms with Crippen molar-refractivity contribution in [3.8, 4) is 0 Å². The average molecular weight is 327 g/mol. The van der Waals surface area contributed by atoms with Gasteiger partial charge in [0, 0.05) is 11.6 Å². The van der Waals surface area contributed by atoms with Crippen LogP contribution in [-0.2, 0) is 10.0 Å². The van der Waals surface area contributed by atoms with Crippen LogP contribution in [0, 0.1) is 6.92 Å². The fourth-order valence-electron chi connectivity index (χ4n) is 2.45. The van der Waals surface area contributed by atoms with Crippen molar-refractivity contribution < 1.29 is 13.5 Å². The second-order valence-corrected chi connectivity index (χ2v) is 7.15. The third-order valence-corrected chi connectivity index (χ3v) is 5.38. The lowest BCUT2D eigenvalue weighted by molar-refractivity contribution is 0.343. The molecule has 1 heterocycles. The molecule has 0 spiro atoms. The summed E-state index contributed by atoms with van der Waals surface area (Å²) in [5.41, 5.74) is 2.47. The number of fused-ring (bicyclic) bond motifs is 1. The largest absolute Gasteiger partial charge is 0.392 e. The molecule has 0 saturated heterocycles. The standard InChI is InChI=1S/C18H17NO3S/c1-14-4-8-17(9-5-14)23(21,22)19-11-10-16-7-6-15(3-2-12-20)13-18(16)19/h2-11,13,20H,12H2,1H3/b3-2+. The van der Waals surface area contributed by atoms with Crippen LogP contribution in [0.3, 0.4) is 0 Å². The van der Waals surface area contributed by atoms with Gasteiger partial charge >= 0.3 is 0 Å². The van der Waals surface area contributed by atoms with Gasteiger partial charge in [-0.25, -0.2) is 12.4 Å². The van der Waals surface area contributed by atoms with Gasteiger partial charge in [0.05, 0.1) is 17.0 Å².